The molecule has 1 fully saturated rings. The summed E-state index contributed by atoms with van der Waals surface area (Å²) in [4.78, 5) is 2.14. The standard InChI is InChI=1S/C13H16FN3/c14-12-3-4-13(11(6-12)8-16)17-5-1-2-10(7-15)9-17/h3-4,6,10H,1-2,5,7,9,15H2. The Morgan fingerprint density at radius 1 is 1.53 bits per heavy atom. The van der Waals surface area contributed by atoms with Gasteiger partial charge in [0, 0.05) is 13.1 Å². The summed E-state index contributed by atoms with van der Waals surface area (Å²) in [5, 5.41) is 9.03. The maximum Gasteiger partial charge on any atom is 0.124 e. The molecule has 1 saturated heterocycles. The fourth-order valence-corrected chi connectivity index (χ4v) is 2.35. The third-order valence-electron chi connectivity index (χ3n) is 3.27. The molecule has 1 aromatic rings. The molecule has 0 aliphatic carbocycles. The van der Waals surface area contributed by atoms with Crippen LogP contribution in [0.5, 0.6) is 0 Å². The molecule has 3 nitrogen and oxygen atoms in total. The zero-order valence-corrected chi connectivity index (χ0v) is 9.69. The molecule has 1 heterocycles. The minimum Gasteiger partial charge on any atom is -0.370 e. The van der Waals surface area contributed by atoms with E-state index in [9.17, 15) is 4.39 Å². The minimum atomic E-state index is -0.363. The molecule has 1 aromatic carbocycles. The smallest absolute Gasteiger partial charge is 0.124 e. The molecular weight excluding hydrogens is 217 g/mol. The van der Waals surface area contributed by atoms with Crippen LogP contribution in [-0.4, -0.2) is 19.6 Å². The van der Waals surface area contributed by atoms with Crippen LogP contribution in [-0.2, 0) is 0 Å². The van der Waals surface area contributed by atoms with Crippen molar-refractivity contribution in [3.05, 3.63) is 29.6 Å². The number of anilines is 1. The van der Waals surface area contributed by atoms with Crippen molar-refractivity contribution in [1.82, 2.24) is 0 Å². The summed E-state index contributed by atoms with van der Waals surface area (Å²) in [5.41, 5.74) is 6.92. The van der Waals surface area contributed by atoms with Crippen LogP contribution in [0.1, 0.15) is 18.4 Å². The Balaban J connectivity index is 2.24. The number of benzene rings is 1. The lowest BCUT2D eigenvalue weighted by molar-refractivity contribution is 0.423. The molecule has 0 spiro atoms. The highest BCUT2D eigenvalue weighted by Gasteiger charge is 2.20. The number of piperidine rings is 1. The van der Waals surface area contributed by atoms with Crippen LogP contribution in [0, 0.1) is 23.1 Å². The van der Waals surface area contributed by atoms with Gasteiger partial charge in [0.05, 0.1) is 11.3 Å². The number of hydrogen-bond acceptors (Lipinski definition) is 3. The average molecular weight is 233 g/mol. The Bertz CT molecular complexity index is 439. The van der Waals surface area contributed by atoms with Crippen LogP contribution in [0.25, 0.3) is 0 Å². The predicted molar refractivity (Wildman–Crippen MR) is 65.1 cm³/mol. The van der Waals surface area contributed by atoms with E-state index in [2.05, 4.69) is 11.0 Å². The van der Waals surface area contributed by atoms with Crippen LogP contribution in [0.3, 0.4) is 0 Å². The van der Waals surface area contributed by atoms with E-state index >= 15 is 0 Å². The zero-order valence-electron chi connectivity index (χ0n) is 9.69. The van der Waals surface area contributed by atoms with Crippen LogP contribution < -0.4 is 10.6 Å². The first kappa shape index (κ1) is 11.9. The van der Waals surface area contributed by atoms with Gasteiger partial charge in [0.25, 0.3) is 0 Å². The molecule has 2 rings (SSSR count). The molecule has 90 valence electrons. The van der Waals surface area contributed by atoms with E-state index < -0.39 is 0 Å². The number of nitrogens with two attached hydrogens (primary N) is 1. The number of nitrogens with zero attached hydrogens (tertiary/aromatic N) is 2. The molecule has 1 atom stereocenters. The monoisotopic (exact) mass is 233 g/mol. The van der Waals surface area contributed by atoms with Crippen molar-refractivity contribution in [2.24, 2.45) is 11.7 Å². The van der Waals surface area contributed by atoms with Gasteiger partial charge in [-0.3, -0.25) is 0 Å². The Morgan fingerprint density at radius 2 is 2.35 bits per heavy atom. The van der Waals surface area contributed by atoms with E-state index in [1.807, 2.05) is 0 Å². The fraction of sp³-hybridized carbons (Fsp3) is 0.462. The molecule has 0 saturated carbocycles. The lowest BCUT2D eigenvalue weighted by atomic mass is 9.97. The molecule has 1 unspecified atom stereocenters. The van der Waals surface area contributed by atoms with Crippen molar-refractivity contribution in [3.8, 4) is 6.07 Å². The largest absolute Gasteiger partial charge is 0.370 e. The maximum absolute atomic E-state index is 13.1. The SMILES string of the molecule is N#Cc1cc(F)ccc1N1CCCC(CN)C1. The summed E-state index contributed by atoms with van der Waals surface area (Å²) in [6, 6.07) is 6.44. The highest BCUT2D eigenvalue weighted by molar-refractivity contribution is 5.59. The molecule has 1 aliphatic heterocycles. The number of nitriles is 1. The summed E-state index contributed by atoms with van der Waals surface area (Å²) < 4.78 is 13.1. The average Bonchev–Trinajstić information content (AvgIpc) is 2.38. The van der Waals surface area contributed by atoms with Gasteiger partial charge in [-0.1, -0.05) is 0 Å². The van der Waals surface area contributed by atoms with Crippen LogP contribution in [0.2, 0.25) is 0 Å². The van der Waals surface area contributed by atoms with Crippen molar-refractivity contribution in [2.45, 2.75) is 12.8 Å². The van der Waals surface area contributed by atoms with E-state index in [0.717, 1.165) is 31.6 Å². The van der Waals surface area contributed by atoms with Gasteiger partial charge >= 0.3 is 0 Å². The molecule has 2 N–H and O–H groups in total. The lowest BCUT2D eigenvalue weighted by Crippen LogP contribution is -2.38. The second kappa shape index (κ2) is 5.15. The highest BCUT2D eigenvalue weighted by Crippen LogP contribution is 2.26. The van der Waals surface area contributed by atoms with Gasteiger partial charge in [-0.2, -0.15) is 5.26 Å². The number of halogens is 1. The molecule has 1 aliphatic rings. The normalized spacial score (nSPS) is 20.1. The first-order valence-electron chi connectivity index (χ1n) is 5.89. The first-order chi connectivity index (χ1) is 8.24. The quantitative estimate of drug-likeness (QED) is 0.848. The number of rotatable bonds is 2. The Morgan fingerprint density at radius 3 is 3.06 bits per heavy atom. The molecule has 0 aromatic heterocycles. The topological polar surface area (TPSA) is 53.0 Å². The van der Waals surface area contributed by atoms with Gasteiger partial charge in [0.1, 0.15) is 11.9 Å². The van der Waals surface area contributed by atoms with E-state index in [1.165, 1.54) is 12.1 Å². The van der Waals surface area contributed by atoms with E-state index in [1.54, 1.807) is 6.07 Å². The fourth-order valence-electron chi connectivity index (χ4n) is 2.35. The summed E-state index contributed by atoms with van der Waals surface area (Å²) >= 11 is 0. The predicted octanol–water partition coefficient (Wildman–Crippen LogP) is 1.87. The van der Waals surface area contributed by atoms with Gasteiger partial charge in [-0.05, 0) is 43.5 Å². The van der Waals surface area contributed by atoms with E-state index in [0.29, 0.717) is 18.0 Å². The van der Waals surface area contributed by atoms with E-state index in [4.69, 9.17) is 11.0 Å². The van der Waals surface area contributed by atoms with Gasteiger partial charge in [-0.25, -0.2) is 4.39 Å². The highest BCUT2D eigenvalue weighted by atomic mass is 19.1. The molecular formula is C13H16FN3. The van der Waals surface area contributed by atoms with Crippen molar-refractivity contribution < 1.29 is 4.39 Å². The zero-order chi connectivity index (χ0) is 12.3. The van der Waals surface area contributed by atoms with E-state index in [-0.39, 0.29) is 5.82 Å². The van der Waals surface area contributed by atoms with Crippen molar-refractivity contribution in [3.63, 3.8) is 0 Å². The second-order valence-corrected chi connectivity index (χ2v) is 4.46. The van der Waals surface area contributed by atoms with Gasteiger partial charge in [-0.15, -0.1) is 0 Å². The first-order valence-corrected chi connectivity index (χ1v) is 5.89. The van der Waals surface area contributed by atoms with Crippen LogP contribution in [0.15, 0.2) is 18.2 Å². The Hall–Kier alpha value is -1.60. The Labute approximate surface area is 101 Å². The van der Waals surface area contributed by atoms with Gasteiger partial charge < -0.3 is 10.6 Å². The molecule has 0 bridgehead atoms. The van der Waals surface area contributed by atoms with Crippen molar-refractivity contribution >= 4 is 5.69 Å². The molecule has 17 heavy (non-hydrogen) atoms. The minimum absolute atomic E-state index is 0.363. The van der Waals surface area contributed by atoms with Gasteiger partial charge in [0.2, 0.25) is 0 Å². The molecule has 0 amide bonds. The Kier molecular flexibility index (Phi) is 3.60. The summed E-state index contributed by atoms with van der Waals surface area (Å²) in [6.07, 6.45) is 2.21. The van der Waals surface area contributed by atoms with Crippen LogP contribution >= 0.6 is 0 Å². The van der Waals surface area contributed by atoms with Crippen molar-refractivity contribution in [2.75, 3.05) is 24.5 Å². The third-order valence-corrected chi connectivity index (χ3v) is 3.27. The van der Waals surface area contributed by atoms with Crippen LogP contribution in [0.4, 0.5) is 10.1 Å². The summed E-state index contributed by atoms with van der Waals surface area (Å²) in [5.74, 6) is 0.109. The lowest BCUT2D eigenvalue weighted by Gasteiger charge is -2.34. The molecule has 4 heteroatoms. The third kappa shape index (κ3) is 2.56. The molecule has 0 radical (unpaired) electrons. The van der Waals surface area contributed by atoms with Gasteiger partial charge in [0.15, 0.2) is 0 Å². The summed E-state index contributed by atoms with van der Waals surface area (Å²) in [6.45, 7) is 2.44. The maximum atomic E-state index is 13.1. The summed E-state index contributed by atoms with van der Waals surface area (Å²) in [7, 11) is 0. The second-order valence-electron chi connectivity index (χ2n) is 4.46. The number of hydrogen-bond donors (Lipinski definition) is 1. The van der Waals surface area contributed by atoms with Crippen molar-refractivity contribution in [1.29, 1.82) is 5.26 Å².